The predicted octanol–water partition coefficient (Wildman–Crippen LogP) is 2.10. The van der Waals surface area contributed by atoms with Crippen LogP contribution in [-0.4, -0.2) is 19.3 Å². The van der Waals surface area contributed by atoms with Crippen LogP contribution in [0.25, 0.3) is 0 Å². The SMILES string of the molecule is Cc1cc(C)c(C)[c]([Mg][Cl])c1. The van der Waals surface area contributed by atoms with Crippen LogP contribution in [0.1, 0.15) is 16.7 Å². The molecular formula is C9H11ClMg. The molecular weight excluding hydrogens is 168 g/mol. The van der Waals surface area contributed by atoms with Gasteiger partial charge in [0.15, 0.2) is 0 Å². The molecule has 0 atom stereocenters. The molecule has 0 saturated heterocycles. The van der Waals surface area contributed by atoms with Gasteiger partial charge in [0, 0.05) is 0 Å². The first-order valence-electron chi connectivity index (χ1n) is 3.78. The Morgan fingerprint density at radius 1 is 1.18 bits per heavy atom. The molecule has 0 heterocycles. The van der Waals surface area contributed by atoms with E-state index in [1.165, 1.54) is 20.4 Å². The monoisotopic (exact) mass is 178 g/mol. The van der Waals surface area contributed by atoms with Gasteiger partial charge >= 0.3 is 19.3 Å². The fraction of sp³-hybridized carbons (Fsp3) is 0.333. The second-order valence-electron chi connectivity index (χ2n) is 3.00. The average Bonchev–Trinajstić information content (AvgIpc) is 1.96. The molecule has 0 aliphatic heterocycles. The zero-order valence-corrected chi connectivity index (χ0v) is 9.41. The van der Waals surface area contributed by atoms with Crippen LogP contribution >= 0.6 is 9.07 Å². The topological polar surface area (TPSA) is 0 Å². The largest absolute Gasteiger partial charge is 0.538 e. The van der Waals surface area contributed by atoms with Gasteiger partial charge in [-0.25, -0.2) is 0 Å². The van der Waals surface area contributed by atoms with Gasteiger partial charge in [0.05, 0.1) is 0 Å². The van der Waals surface area contributed by atoms with E-state index in [-0.39, 0.29) is 0 Å². The maximum Gasteiger partial charge on any atom is 0.538 e. The second kappa shape index (κ2) is 3.79. The summed E-state index contributed by atoms with van der Waals surface area (Å²) >= 11 is -0.508. The van der Waals surface area contributed by atoms with E-state index >= 15 is 0 Å². The normalized spacial score (nSPS) is 9.45. The molecule has 56 valence electrons. The van der Waals surface area contributed by atoms with E-state index in [2.05, 4.69) is 32.9 Å². The molecule has 0 aliphatic carbocycles. The Kier molecular flexibility index (Phi) is 3.23. The molecule has 0 fully saturated rings. The molecule has 0 spiro atoms. The third-order valence-corrected chi connectivity index (χ3v) is 3.95. The van der Waals surface area contributed by atoms with Crippen LogP contribution in [0.3, 0.4) is 0 Å². The molecule has 2 heteroatoms. The van der Waals surface area contributed by atoms with Crippen molar-refractivity contribution in [3.8, 4) is 0 Å². The third kappa shape index (κ3) is 2.11. The molecule has 1 rings (SSSR count). The van der Waals surface area contributed by atoms with Crippen LogP contribution in [0.15, 0.2) is 12.1 Å². The van der Waals surface area contributed by atoms with E-state index in [0.29, 0.717) is 0 Å². The van der Waals surface area contributed by atoms with Crippen LogP contribution < -0.4 is 3.69 Å². The van der Waals surface area contributed by atoms with Gasteiger partial charge in [0.25, 0.3) is 0 Å². The van der Waals surface area contributed by atoms with Crippen molar-refractivity contribution in [3.63, 3.8) is 0 Å². The first-order chi connectivity index (χ1) is 5.15. The van der Waals surface area contributed by atoms with Crippen molar-refractivity contribution >= 4 is 32.0 Å². The van der Waals surface area contributed by atoms with E-state index < -0.39 is 19.3 Å². The number of hydrogen-bond acceptors (Lipinski definition) is 0. The molecule has 11 heavy (non-hydrogen) atoms. The maximum absolute atomic E-state index is 5.92. The third-order valence-electron chi connectivity index (χ3n) is 2.06. The van der Waals surface area contributed by atoms with Crippen molar-refractivity contribution in [2.75, 3.05) is 0 Å². The Morgan fingerprint density at radius 2 is 1.82 bits per heavy atom. The fourth-order valence-electron chi connectivity index (χ4n) is 1.27. The lowest BCUT2D eigenvalue weighted by molar-refractivity contribution is 1.32. The molecule has 0 aromatic heterocycles. The van der Waals surface area contributed by atoms with E-state index in [1.54, 1.807) is 0 Å². The summed E-state index contributed by atoms with van der Waals surface area (Å²) in [5, 5.41) is 0. The van der Waals surface area contributed by atoms with E-state index in [9.17, 15) is 0 Å². The number of rotatable bonds is 1. The molecule has 0 unspecified atom stereocenters. The highest BCUT2D eigenvalue weighted by Crippen LogP contribution is 2.06. The fourth-order valence-corrected chi connectivity index (χ4v) is 2.98. The summed E-state index contributed by atoms with van der Waals surface area (Å²) in [5.74, 6) is 0. The molecule has 0 aliphatic rings. The molecule has 0 amide bonds. The molecule has 0 saturated carbocycles. The lowest BCUT2D eigenvalue weighted by atomic mass is 10.1. The van der Waals surface area contributed by atoms with Gasteiger partial charge in [-0.2, -0.15) is 0 Å². The average molecular weight is 179 g/mol. The highest BCUT2D eigenvalue weighted by molar-refractivity contribution is 7.01. The highest BCUT2D eigenvalue weighted by atomic mass is 35.5. The Hall–Kier alpha value is 0.276. The number of aryl methyl sites for hydroxylation is 2. The molecule has 1 aromatic rings. The van der Waals surface area contributed by atoms with Gasteiger partial charge < -0.3 is 9.07 Å². The zero-order valence-electron chi connectivity index (χ0n) is 7.24. The van der Waals surface area contributed by atoms with E-state index in [4.69, 9.17) is 9.07 Å². The van der Waals surface area contributed by atoms with Crippen LogP contribution in [0.5, 0.6) is 0 Å². The first kappa shape index (κ1) is 9.36. The molecule has 0 N–H and O–H groups in total. The van der Waals surface area contributed by atoms with Gasteiger partial charge in [0.1, 0.15) is 0 Å². The van der Waals surface area contributed by atoms with Crippen LogP contribution in [0.4, 0.5) is 0 Å². The number of benzene rings is 1. The maximum atomic E-state index is 5.92. The molecule has 1 aromatic carbocycles. The first-order valence-corrected chi connectivity index (χ1v) is 6.62. The lowest BCUT2D eigenvalue weighted by Crippen LogP contribution is -2.14. The van der Waals surface area contributed by atoms with Gasteiger partial charge in [0.2, 0.25) is 0 Å². The van der Waals surface area contributed by atoms with Crippen molar-refractivity contribution in [2.45, 2.75) is 20.8 Å². The quantitative estimate of drug-likeness (QED) is 0.579. The van der Waals surface area contributed by atoms with Crippen molar-refractivity contribution in [2.24, 2.45) is 0 Å². The standard InChI is InChI=1S/C9H11.ClH.Mg/c1-7-4-5-8(2)9(3)6-7;;/h4,6H,1-3H3;1H;/q;;+1/p-1. The summed E-state index contributed by atoms with van der Waals surface area (Å²) in [6.07, 6.45) is 0. The predicted molar refractivity (Wildman–Crippen MR) is 51.9 cm³/mol. The van der Waals surface area contributed by atoms with Gasteiger partial charge in [-0.05, 0) is 20.8 Å². The van der Waals surface area contributed by atoms with Crippen molar-refractivity contribution < 1.29 is 0 Å². The van der Waals surface area contributed by atoms with Gasteiger partial charge in [-0.3, -0.25) is 0 Å². The number of hydrogen-bond donors (Lipinski definition) is 0. The van der Waals surface area contributed by atoms with Gasteiger partial charge in [-0.15, -0.1) is 3.69 Å². The van der Waals surface area contributed by atoms with Crippen LogP contribution in [0, 0.1) is 20.8 Å². The Morgan fingerprint density at radius 3 is 2.36 bits per heavy atom. The smallest absolute Gasteiger partial charge is 0.336 e. The van der Waals surface area contributed by atoms with Crippen molar-refractivity contribution in [1.29, 1.82) is 0 Å². The summed E-state index contributed by atoms with van der Waals surface area (Å²) in [4.78, 5) is 0. The summed E-state index contributed by atoms with van der Waals surface area (Å²) in [5.41, 5.74) is 4.08. The molecule has 0 radical (unpaired) electrons. The number of halogens is 1. The zero-order chi connectivity index (χ0) is 8.43. The Balaban J connectivity index is 3.24. The van der Waals surface area contributed by atoms with E-state index in [0.717, 1.165) is 0 Å². The summed E-state index contributed by atoms with van der Waals surface area (Å²) in [6, 6.07) is 4.42. The van der Waals surface area contributed by atoms with Crippen molar-refractivity contribution in [1.82, 2.24) is 0 Å². The summed E-state index contributed by atoms with van der Waals surface area (Å²) < 4.78 is 1.39. The van der Waals surface area contributed by atoms with Crippen LogP contribution in [-0.2, 0) is 0 Å². The highest BCUT2D eigenvalue weighted by Gasteiger charge is 2.02. The minimum atomic E-state index is -0.508. The minimum Gasteiger partial charge on any atom is -0.336 e. The Labute approximate surface area is 81.5 Å². The van der Waals surface area contributed by atoms with E-state index in [1.807, 2.05) is 0 Å². The minimum absolute atomic E-state index is 0.508. The van der Waals surface area contributed by atoms with Gasteiger partial charge in [-0.1, -0.05) is 28.8 Å². The van der Waals surface area contributed by atoms with Crippen molar-refractivity contribution in [3.05, 3.63) is 28.8 Å². The van der Waals surface area contributed by atoms with Crippen LogP contribution in [0.2, 0.25) is 0 Å². The summed E-state index contributed by atoms with van der Waals surface area (Å²) in [7, 11) is 5.92. The second-order valence-corrected chi connectivity index (χ2v) is 4.83. The molecule has 0 nitrogen and oxygen atoms in total. The molecule has 0 bridgehead atoms. The summed E-state index contributed by atoms with van der Waals surface area (Å²) in [6.45, 7) is 6.42. The lowest BCUT2D eigenvalue weighted by Gasteiger charge is -2.07. The Bertz CT molecular complexity index is 269.